The number of guanidine groups is 1. The van der Waals surface area contributed by atoms with Crippen LogP contribution in [0.5, 0.6) is 5.75 Å². The number of rotatable bonds is 10. The van der Waals surface area contributed by atoms with Crippen LogP contribution in [0, 0.1) is 12.3 Å². The van der Waals surface area contributed by atoms with E-state index in [1.807, 2.05) is 25.1 Å². The Morgan fingerprint density at radius 3 is 2.80 bits per heavy atom. The van der Waals surface area contributed by atoms with E-state index < -0.39 is 6.10 Å². The van der Waals surface area contributed by atoms with Crippen LogP contribution in [0.25, 0.3) is 11.4 Å². The standard InChI is InChI=1S/C22H33N5O3/c1-3-4-5-6-7-8-11-29-19-10-9-16(12-15(19)2)20-25-21(30-26-20)18-13-17(28)14-27(18)22(23)24/h9-10,12,17-18,28H,3-8,11,13-14H2,1-2H3,(H3,23,24)/t17-,18-/m0/s1. The van der Waals surface area contributed by atoms with E-state index in [0.717, 1.165) is 29.9 Å². The van der Waals surface area contributed by atoms with Crippen molar-refractivity contribution in [1.82, 2.24) is 15.0 Å². The third-order valence-corrected chi connectivity index (χ3v) is 5.50. The minimum atomic E-state index is -0.570. The number of aliphatic hydroxyl groups is 1. The number of benzene rings is 1. The minimum absolute atomic E-state index is 0.112. The number of likely N-dealkylation sites (tertiary alicyclic amines) is 1. The van der Waals surface area contributed by atoms with Crippen molar-refractivity contribution in [3.05, 3.63) is 29.7 Å². The molecule has 0 unspecified atom stereocenters. The fourth-order valence-corrected chi connectivity index (χ4v) is 3.82. The van der Waals surface area contributed by atoms with Gasteiger partial charge in [0.1, 0.15) is 11.8 Å². The number of β-amino-alcohol motifs (C(OH)–C–C–N with tert-alkyl or cyclic N) is 1. The first kappa shape index (κ1) is 22.1. The highest BCUT2D eigenvalue weighted by Gasteiger charge is 2.36. The summed E-state index contributed by atoms with van der Waals surface area (Å²) in [5, 5.41) is 21.7. The molecule has 2 atom stereocenters. The van der Waals surface area contributed by atoms with E-state index in [-0.39, 0.29) is 12.0 Å². The maximum absolute atomic E-state index is 9.92. The summed E-state index contributed by atoms with van der Waals surface area (Å²) in [5.74, 6) is 1.59. The predicted molar refractivity (Wildman–Crippen MR) is 115 cm³/mol. The molecule has 1 aliphatic rings. The molecule has 1 saturated heterocycles. The zero-order valence-electron chi connectivity index (χ0n) is 17.9. The molecule has 4 N–H and O–H groups in total. The Kier molecular flexibility index (Phi) is 7.68. The number of nitrogens with two attached hydrogens (primary N) is 1. The Balaban J connectivity index is 1.58. The summed E-state index contributed by atoms with van der Waals surface area (Å²) < 4.78 is 11.4. The Hall–Kier alpha value is -2.61. The molecule has 3 rings (SSSR count). The number of aliphatic hydroxyl groups excluding tert-OH is 1. The highest BCUT2D eigenvalue weighted by atomic mass is 16.5. The molecule has 0 radical (unpaired) electrons. The van der Waals surface area contributed by atoms with Gasteiger partial charge in [0, 0.05) is 18.5 Å². The number of unbranched alkanes of at least 4 members (excludes halogenated alkanes) is 5. The highest BCUT2D eigenvalue weighted by molar-refractivity contribution is 5.75. The minimum Gasteiger partial charge on any atom is -0.493 e. The molecule has 0 aliphatic carbocycles. The van der Waals surface area contributed by atoms with Crippen LogP contribution in [0.2, 0.25) is 0 Å². The first-order valence-electron chi connectivity index (χ1n) is 10.9. The molecule has 8 heteroatoms. The van der Waals surface area contributed by atoms with Crippen molar-refractivity contribution in [1.29, 1.82) is 5.41 Å². The average molecular weight is 416 g/mol. The van der Waals surface area contributed by atoms with Crippen LogP contribution >= 0.6 is 0 Å². The Morgan fingerprint density at radius 1 is 1.30 bits per heavy atom. The number of nitrogens with one attached hydrogen (secondary N) is 1. The van der Waals surface area contributed by atoms with Crippen LogP contribution in [0.3, 0.4) is 0 Å². The summed E-state index contributed by atoms with van der Waals surface area (Å²) in [7, 11) is 0. The molecule has 8 nitrogen and oxygen atoms in total. The number of hydrogen-bond acceptors (Lipinski definition) is 6. The Bertz CT molecular complexity index is 838. The molecule has 0 bridgehead atoms. The van der Waals surface area contributed by atoms with Crippen molar-refractivity contribution < 1.29 is 14.4 Å². The third-order valence-electron chi connectivity index (χ3n) is 5.50. The first-order valence-corrected chi connectivity index (χ1v) is 10.9. The van der Waals surface area contributed by atoms with Gasteiger partial charge in [-0.2, -0.15) is 4.98 Å². The van der Waals surface area contributed by atoms with E-state index in [1.165, 1.54) is 32.1 Å². The molecule has 0 amide bonds. The van der Waals surface area contributed by atoms with Crippen LogP contribution in [0.1, 0.15) is 69.4 Å². The van der Waals surface area contributed by atoms with Gasteiger partial charge >= 0.3 is 0 Å². The summed E-state index contributed by atoms with van der Waals surface area (Å²) in [6, 6.07) is 5.47. The second-order valence-electron chi connectivity index (χ2n) is 8.00. The molecule has 2 aromatic rings. The SMILES string of the molecule is CCCCCCCCOc1ccc(-c2noc([C@@H]3C[C@H](O)CN3C(=N)N)n2)cc1C. The lowest BCUT2D eigenvalue weighted by molar-refractivity contribution is 0.187. The Morgan fingerprint density at radius 2 is 2.07 bits per heavy atom. The van der Waals surface area contributed by atoms with E-state index in [4.69, 9.17) is 20.4 Å². The van der Waals surface area contributed by atoms with Gasteiger partial charge in [0.15, 0.2) is 5.96 Å². The zero-order valence-corrected chi connectivity index (χ0v) is 17.9. The molecule has 30 heavy (non-hydrogen) atoms. The highest BCUT2D eigenvalue weighted by Crippen LogP contribution is 2.32. The van der Waals surface area contributed by atoms with Gasteiger partial charge in [-0.25, -0.2) is 0 Å². The number of hydrogen-bond donors (Lipinski definition) is 3. The maximum Gasteiger partial charge on any atom is 0.249 e. The van der Waals surface area contributed by atoms with E-state index in [2.05, 4.69) is 17.1 Å². The molecule has 164 valence electrons. The molecule has 1 fully saturated rings. The number of nitrogens with zero attached hydrogens (tertiary/aromatic N) is 3. The van der Waals surface area contributed by atoms with Crippen LogP contribution in [0.4, 0.5) is 0 Å². The Labute approximate surface area is 177 Å². The predicted octanol–water partition coefficient (Wildman–Crippen LogP) is 3.79. The van der Waals surface area contributed by atoms with Crippen LogP contribution < -0.4 is 10.5 Å². The molecular weight excluding hydrogens is 382 g/mol. The second-order valence-corrected chi connectivity index (χ2v) is 8.00. The van der Waals surface area contributed by atoms with Gasteiger partial charge in [0.25, 0.3) is 0 Å². The molecular formula is C22H33N5O3. The summed E-state index contributed by atoms with van der Waals surface area (Å²) in [5.41, 5.74) is 7.47. The molecule has 0 saturated carbocycles. The number of aryl methyl sites for hydroxylation is 1. The summed E-state index contributed by atoms with van der Waals surface area (Å²) in [6.07, 6.45) is 7.27. The van der Waals surface area contributed by atoms with Gasteiger partial charge in [0.2, 0.25) is 11.7 Å². The summed E-state index contributed by atoms with van der Waals surface area (Å²) in [6.45, 7) is 5.25. The van der Waals surface area contributed by atoms with Crippen LogP contribution in [-0.2, 0) is 0 Å². The molecule has 0 spiro atoms. The van der Waals surface area contributed by atoms with Crippen molar-refractivity contribution in [2.45, 2.75) is 70.9 Å². The van der Waals surface area contributed by atoms with Crippen LogP contribution in [-0.4, -0.2) is 45.4 Å². The van der Waals surface area contributed by atoms with E-state index >= 15 is 0 Å². The molecule has 2 heterocycles. The summed E-state index contributed by atoms with van der Waals surface area (Å²) in [4.78, 5) is 6.06. The van der Waals surface area contributed by atoms with Gasteiger partial charge in [-0.3, -0.25) is 5.41 Å². The van der Waals surface area contributed by atoms with Gasteiger partial charge in [-0.1, -0.05) is 44.2 Å². The second kappa shape index (κ2) is 10.4. The van der Waals surface area contributed by atoms with E-state index in [0.29, 0.717) is 24.7 Å². The lowest BCUT2D eigenvalue weighted by Gasteiger charge is -2.20. The van der Waals surface area contributed by atoms with Crippen LogP contribution in [0.15, 0.2) is 22.7 Å². The van der Waals surface area contributed by atoms with Crippen molar-refractivity contribution in [2.75, 3.05) is 13.2 Å². The van der Waals surface area contributed by atoms with E-state index in [1.54, 1.807) is 4.90 Å². The quantitative estimate of drug-likeness (QED) is 0.307. The lowest BCUT2D eigenvalue weighted by atomic mass is 10.1. The van der Waals surface area contributed by atoms with E-state index in [9.17, 15) is 5.11 Å². The van der Waals surface area contributed by atoms with Crippen molar-refractivity contribution >= 4 is 5.96 Å². The lowest BCUT2D eigenvalue weighted by Crippen LogP contribution is -2.36. The monoisotopic (exact) mass is 415 g/mol. The largest absolute Gasteiger partial charge is 0.493 e. The number of aromatic nitrogens is 2. The van der Waals surface area contributed by atoms with Crippen molar-refractivity contribution in [2.24, 2.45) is 5.73 Å². The maximum atomic E-state index is 9.92. The fourth-order valence-electron chi connectivity index (χ4n) is 3.82. The summed E-state index contributed by atoms with van der Waals surface area (Å²) >= 11 is 0. The first-order chi connectivity index (χ1) is 14.5. The van der Waals surface area contributed by atoms with Gasteiger partial charge < -0.3 is 25.0 Å². The van der Waals surface area contributed by atoms with Crippen molar-refractivity contribution in [3.8, 4) is 17.1 Å². The van der Waals surface area contributed by atoms with Crippen molar-refractivity contribution in [3.63, 3.8) is 0 Å². The third kappa shape index (κ3) is 5.50. The van der Waals surface area contributed by atoms with Gasteiger partial charge in [-0.15, -0.1) is 0 Å². The topological polar surface area (TPSA) is 121 Å². The molecule has 1 aliphatic heterocycles. The van der Waals surface area contributed by atoms with Gasteiger partial charge in [0.05, 0.1) is 12.7 Å². The fraction of sp³-hybridized carbons (Fsp3) is 0.591. The normalized spacial score (nSPS) is 18.7. The van der Waals surface area contributed by atoms with Gasteiger partial charge in [-0.05, 0) is 37.1 Å². The smallest absolute Gasteiger partial charge is 0.249 e. The zero-order chi connectivity index (χ0) is 21.5. The number of ether oxygens (including phenoxy) is 1. The molecule has 1 aromatic heterocycles. The molecule has 1 aromatic carbocycles. The average Bonchev–Trinajstić information content (AvgIpc) is 3.35.